The maximum atomic E-state index is 13.2. The first-order valence-electron chi connectivity index (χ1n) is 24.4. The average molecular weight is 811 g/mol. The summed E-state index contributed by atoms with van der Waals surface area (Å²) in [5.41, 5.74) is 0.187. The molecule has 1 heterocycles. The van der Waals surface area contributed by atoms with Crippen LogP contribution < -0.4 is 0 Å². The van der Waals surface area contributed by atoms with Gasteiger partial charge in [-0.3, -0.25) is 4.79 Å². The molecule has 1 aromatic carbocycles. The molecule has 1 aromatic rings. The Labute approximate surface area is 356 Å². The highest BCUT2D eigenvalue weighted by Crippen LogP contribution is 2.91. The number of rotatable bonds is 11. The number of fused-ring (bicyclic) bond motifs is 2. The zero-order chi connectivity index (χ0) is 41.9. The number of carboxylic acid groups (broad SMARTS) is 1. The Bertz CT molecular complexity index is 1850. The van der Waals surface area contributed by atoms with Crippen LogP contribution in [0, 0.1) is 84.8 Å². The van der Waals surface area contributed by atoms with Gasteiger partial charge >= 0.3 is 5.97 Å². The highest BCUT2D eigenvalue weighted by molar-refractivity contribution is 5.74. The van der Waals surface area contributed by atoms with E-state index in [1.165, 1.54) is 24.0 Å². The molecule has 0 aromatic heterocycles. The Morgan fingerprint density at radius 3 is 2.27 bits per heavy atom. The number of aliphatic hydroxyl groups is 2. The van der Waals surface area contributed by atoms with E-state index in [0.717, 1.165) is 109 Å². The van der Waals surface area contributed by atoms with Crippen molar-refractivity contribution < 1.29 is 29.6 Å². The maximum Gasteiger partial charge on any atom is 0.309 e. The van der Waals surface area contributed by atoms with Crippen LogP contribution in [0.15, 0.2) is 24.3 Å². The van der Waals surface area contributed by atoms with Crippen molar-refractivity contribution >= 4 is 5.97 Å². The molecule has 8 aliphatic rings. The molecule has 0 amide bonds. The first-order valence-corrected chi connectivity index (χ1v) is 24.4. The maximum absolute atomic E-state index is 13.2. The van der Waals surface area contributed by atoms with Gasteiger partial charge in [-0.1, -0.05) is 77.6 Å². The topological polar surface area (TPSA) is 96.2 Å². The van der Waals surface area contributed by atoms with E-state index in [-0.39, 0.29) is 51.6 Å². The predicted octanol–water partition coefficient (Wildman–Crippen LogP) is 10.8. The lowest BCUT2D eigenvalue weighted by Gasteiger charge is -2.85. The van der Waals surface area contributed by atoms with E-state index in [4.69, 9.17) is 9.47 Å². The van der Waals surface area contributed by atoms with Crippen LogP contribution in [-0.2, 0) is 27.1 Å². The zero-order valence-electron chi connectivity index (χ0n) is 37.9. The van der Waals surface area contributed by atoms with Crippen molar-refractivity contribution in [3.8, 4) is 11.8 Å². The molecule has 9 rings (SSSR count). The lowest BCUT2D eigenvalue weighted by Crippen LogP contribution is -2.82. The second-order valence-corrected chi connectivity index (χ2v) is 23.2. The second kappa shape index (κ2) is 14.3. The van der Waals surface area contributed by atoms with Gasteiger partial charge in [0.2, 0.25) is 0 Å². The highest BCUT2D eigenvalue weighted by atomic mass is 16.6. The van der Waals surface area contributed by atoms with Crippen LogP contribution in [0.5, 0.6) is 0 Å². The van der Waals surface area contributed by atoms with Gasteiger partial charge in [-0.2, -0.15) is 0 Å². The van der Waals surface area contributed by atoms with Crippen molar-refractivity contribution in [3.63, 3.8) is 0 Å². The van der Waals surface area contributed by atoms with Crippen LogP contribution in [0.2, 0.25) is 0 Å². The number of aliphatic hydroxyl groups excluding tert-OH is 1. The molecule has 326 valence electrons. The van der Waals surface area contributed by atoms with Crippen LogP contribution in [0.25, 0.3) is 0 Å². The van der Waals surface area contributed by atoms with Crippen LogP contribution in [-0.4, -0.2) is 53.5 Å². The number of aliphatic carboxylic acids is 1. The van der Waals surface area contributed by atoms with Crippen LogP contribution >= 0.6 is 0 Å². The van der Waals surface area contributed by atoms with Gasteiger partial charge in [0.05, 0.1) is 24.7 Å². The van der Waals surface area contributed by atoms with E-state index in [1.807, 2.05) is 0 Å². The molecule has 0 radical (unpaired) electrons. The van der Waals surface area contributed by atoms with Gasteiger partial charge in [0, 0.05) is 42.1 Å². The molecular weight excluding hydrogens is 733 g/mol. The number of ether oxygens (including phenoxy) is 2. The third-order valence-electron chi connectivity index (χ3n) is 21.6. The summed E-state index contributed by atoms with van der Waals surface area (Å²) in [5, 5.41) is 36.7. The normalized spacial score (nSPS) is 50.5. The van der Waals surface area contributed by atoms with Gasteiger partial charge in [0.25, 0.3) is 0 Å². The van der Waals surface area contributed by atoms with E-state index in [0.29, 0.717) is 30.8 Å². The fourth-order valence-corrected chi connectivity index (χ4v) is 18.8. The minimum absolute atomic E-state index is 0.0331. The number of benzene rings is 1. The molecule has 59 heavy (non-hydrogen) atoms. The zero-order valence-corrected chi connectivity index (χ0v) is 37.9. The SMILES string of the molecule is CCC[C@@H]1CC#C[C@@]23CC[C@]45[C@H](Cc6ccc(CCOC)cc6)O[C@](O)(C[C@H]6CC[C@H](C[C@@]7(CC1)[C@@H]1C[C@](C)(C(=O)O)CC[C@@]1(C)CC[C@@]72C)[C@@]3(C)[C@]64CO)[C@@H]5CCC. The Morgan fingerprint density at radius 2 is 1.58 bits per heavy atom. The van der Waals surface area contributed by atoms with Crippen molar-refractivity contribution in [1.82, 2.24) is 0 Å². The third kappa shape index (κ3) is 5.23. The Balaban J connectivity index is 1.26. The summed E-state index contributed by atoms with van der Waals surface area (Å²) in [6.45, 7) is 15.3. The lowest BCUT2D eigenvalue weighted by molar-refractivity contribution is -0.380. The summed E-state index contributed by atoms with van der Waals surface area (Å²) >= 11 is 0. The molecule has 7 aliphatic carbocycles. The second-order valence-electron chi connectivity index (χ2n) is 23.2. The summed E-state index contributed by atoms with van der Waals surface area (Å²) in [5.74, 6) is 7.95. The summed E-state index contributed by atoms with van der Waals surface area (Å²) in [6.07, 6.45) is 19.3. The quantitative estimate of drug-likeness (QED) is 0.193. The van der Waals surface area contributed by atoms with Crippen molar-refractivity contribution in [2.75, 3.05) is 20.3 Å². The first kappa shape index (κ1) is 42.4. The molecule has 6 saturated carbocycles. The van der Waals surface area contributed by atoms with Crippen LogP contribution in [0.3, 0.4) is 0 Å². The van der Waals surface area contributed by atoms with Gasteiger partial charge in [-0.25, -0.2) is 0 Å². The Hall–Kier alpha value is -1.91. The molecule has 3 N–H and O–H groups in total. The predicted molar refractivity (Wildman–Crippen MR) is 232 cm³/mol. The summed E-state index contributed by atoms with van der Waals surface area (Å²) in [7, 11) is 1.76. The molecule has 1 saturated heterocycles. The number of carboxylic acids is 1. The van der Waals surface area contributed by atoms with Crippen molar-refractivity contribution in [2.24, 2.45) is 72.9 Å². The Kier molecular flexibility index (Phi) is 10.3. The van der Waals surface area contributed by atoms with E-state index >= 15 is 0 Å². The minimum Gasteiger partial charge on any atom is -0.481 e. The van der Waals surface area contributed by atoms with E-state index in [9.17, 15) is 20.1 Å². The molecular formula is C53H78O6. The fourth-order valence-electron chi connectivity index (χ4n) is 18.8. The van der Waals surface area contributed by atoms with E-state index in [1.54, 1.807) is 7.11 Å². The molecule has 4 bridgehead atoms. The highest BCUT2D eigenvalue weighted by Gasteiger charge is 2.89. The minimum atomic E-state index is -1.20. The fraction of sp³-hybridized carbons (Fsp3) is 0.830. The number of hydrogen-bond acceptors (Lipinski definition) is 5. The van der Waals surface area contributed by atoms with E-state index in [2.05, 4.69) is 77.6 Å². The number of methoxy groups -OCH3 is 1. The van der Waals surface area contributed by atoms with Crippen molar-refractivity contribution in [3.05, 3.63) is 35.4 Å². The largest absolute Gasteiger partial charge is 0.481 e. The molecule has 2 spiro atoms. The molecule has 7 fully saturated rings. The summed E-state index contributed by atoms with van der Waals surface area (Å²) in [6, 6.07) is 9.01. The van der Waals surface area contributed by atoms with Crippen molar-refractivity contribution in [2.45, 2.75) is 182 Å². The van der Waals surface area contributed by atoms with Gasteiger partial charge in [0.1, 0.15) is 0 Å². The monoisotopic (exact) mass is 811 g/mol. The first-order chi connectivity index (χ1) is 28.1. The van der Waals surface area contributed by atoms with Gasteiger partial charge in [-0.15, -0.1) is 5.92 Å². The van der Waals surface area contributed by atoms with Crippen LogP contribution in [0.1, 0.15) is 168 Å². The van der Waals surface area contributed by atoms with Crippen LogP contribution in [0.4, 0.5) is 0 Å². The molecule has 1 aliphatic heterocycles. The summed E-state index contributed by atoms with van der Waals surface area (Å²) < 4.78 is 12.7. The summed E-state index contributed by atoms with van der Waals surface area (Å²) in [4.78, 5) is 13.2. The number of hydrogen-bond donors (Lipinski definition) is 3. The van der Waals surface area contributed by atoms with Gasteiger partial charge < -0.3 is 24.8 Å². The smallest absolute Gasteiger partial charge is 0.309 e. The molecule has 6 nitrogen and oxygen atoms in total. The number of carbonyl (C=O) groups is 1. The lowest BCUT2D eigenvalue weighted by atomic mass is 9.18. The molecule has 6 heteroatoms. The molecule has 15 atom stereocenters. The third-order valence-corrected chi connectivity index (χ3v) is 21.6. The average Bonchev–Trinajstić information content (AvgIpc) is 3.38. The van der Waals surface area contributed by atoms with E-state index < -0.39 is 28.0 Å². The molecule has 0 unspecified atom stereocenters. The van der Waals surface area contributed by atoms with Gasteiger partial charge in [0.15, 0.2) is 5.79 Å². The van der Waals surface area contributed by atoms with Gasteiger partial charge in [-0.05, 0) is 166 Å². The standard InChI is InChI=1S/C53H78O6/c1-8-11-36-13-10-22-50-28-29-51-41(12-9-2)53(57,59-43(51)31-38-16-14-37(15-17-38)21-30-58-7)33-40-19-18-39(48(50,6)52(40,51)35-54)32-49(23-20-36)42-34-46(4,44(55)56)25-24-45(42,3)26-27-47(49,50)5/h14-17,36,39-43,54,57H,8-9,11-13,18-21,23-35H2,1-7H3,(H,55,56)/t36-,39-,40-,41-,42-,43+,45+,46-,47+,48-,49+,50-,51+,52+,53-/m1/s1. The van der Waals surface area contributed by atoms with Crippen molar-refractivity contribution in [1.29, 1.82) is 0 Å². The Morgan fingerprint density at radius 1 is 0.864 bits per heavy atom.